The molecule has 0 saturated carbocycles. The lowest BCUT2D eigenvalue weighted by Crippen LogP contribution is -2.37. The van der Waals surface area contributed by atoms with E-state index in [-0.39, 0.29) is 24.0 Å². The first-order chi connectivity index (χ1) is 11.1. The molecular formula is C18H33IN4S. The fourth-order valence-electron chi connectivity index (χ4n) is 2.22. The molecule has 0 fully saturated rings. The number of anilines is 1. The smallest absolute Gasteiger partial charge is 0.191 e. The number of guanidine groups is 1. The molecule has 138 valence electrons. The number of unbranched alkanes of at least 4 members (excludes halogenated alkanes) is 1. The molecule has 0 aliphatic heterocycles. The van der Waals surface area contributed by atoms with E-state index in [0.29, 0.717) is 6.54 Å². The molecule has 0 amide bonds. The molecule has 6 heteroatoms. The van der Waals surface area contributed by atoms with Gasteiger partial charge in [-0.1, -0.05) is 6.07 Å². The van der Waals surface area contributed by atoms with Crippen LogP contribution in [0.15, 0.2) is 23.2 Å². The second-order valence-electron chi connectivity index (χ2n) is 5.83. The van der Waals surface area contributed by atoms with E-state index in [1.54, 1.807) is 0 Å². The first-order valence-electron chi connectivity index (χ1n) is 8.36. The van der Waals surface area contributed by atoms with Crippen LogP contribution < -0.4 is 15.5 Å². The van der Waals surface area contributed by atoms with Crippen molar-refractivity contribution in [2.24, 2.45) is 4.99 Å². The van der Waals surface area contributed by atoms with Gasteiger partial charge in [-0.25, -0.2) is 4.99 Å². The van der Waals surface area contributed by atoms with E-state index in [1.807, 2.05) is 11.8 Å². The molecule has 0 radical (unpaired) electrons. The Morgan fingerprint density at radius 3 is 2.54 bits per heavy atom. The second-order valence-corrected chi connectivity index (χ2v) is 6.81. The third-order valence-corrected chi connectivity index (χ3v) is 4.36. The summed E-state index contributed by atoms with van der Waals surface area (Å²) in [5.41, 5.74) is 3.79. The van der Waals surface area contributed by atoms with E-state index < -0.39 is 0 Å². The van der Waals surface area contributed by atoms with Gasteiger partial charge in [-0.15, -0.1) is 24.0 Å². The van der Waals surface area contributed by atoms with Crippen LogP contribution in [0, 0.1) is 6.92 Å². The zero-order valence-corrected chi connectivity index (χ0v) is 18.8. The molecule has 0 heterocycles. The van der Waals surface area contributed by atoms with Gasteiger partial charge in [0.2, 0.25) is 0 Å². The average Bonchev–Trinajstić information content (AvgIpc) is 2.53. The molecule has 1 aromatic rings. The van der Waals surface area contributed by atoms with Gasteiger partial charge in [0, 0.05) is 32.9 Å². The summed E-state index contributed by atoms with van der Waals surface area (Å²) in [7, 11) is 4.13. The Hall–Kier alpha value is -0.630. The van der Waals surface area contributed by atoms with Crippen LogP contribution in [0.2, 0.25) is 0 Å². The van der Waals surface area contributed by atoms with Crippen molar-refractivity contribution >= 4 is 47.4 Å². The van der Waals surface area contributed by atoms with Crippen molar-refractivity contribution in [2.45, 2.75) is 33.2 Å². The molecule has 0 unspecified atom stereocenters. The fraction of sp³-hybridized carbons (Fsp3) is 0.611. The molecule has 0 aliphatic carbocycles. The van der Waals surface area contributed by atoms with Gasteiger partial charge >= 0.3 is 0 Å². The summed E-state index contributed by atoms with van der Waals surface area (Å²) in [5.74, 6) is 2.14. The van der Waals surface area contributed by atoms with E-state index in [2.05, 4.69) is 67.9 Å². The molecule has 1 rings (SSSR count). The number of nitrogens with zero attached hydrogens (tertiary/aromatic N) is 2. The first-order valence-corrected chi connectivity index (χ1v) is 9.75. The zero-order chi connectivity index (χ0) is 17.1. The number of hydrogen-bond donors (Lipinski definition) is 2. The second kappa shape index (κ2) is 13.6. The third kappa shape index (κ3) is 9.01. The Kier molecular flexibility index (Phi) is 13.3. The summed E-state index contributed by atoms with van der Waals surface area (Å²) in [4.78, 5) is 6.84. The molecule has 0 saturated heterocycles. The quantitative estimate of drug-likeness (QED) is 0.252. The number of thioether (sulfide) groups is 1. The molecule has 0 bridgehead atoms. The number of hydrogen-bond acceptors (Lipinski definition) is 3. The van der Waals surface area contributed by atoms with Crippen LogP contribution in [-0.4, -0.2) is 45.2 Å². The number of halogens is 1. The standard InChI is InChI=1S/C18H32N4S.HI/c1-6-19-18(20-11-7-8-12-23-5)21-14-16-9-10-17(22(3)4)13-15(16)2;/h9-10,13H,6-8,11-12,14H2,1-5H3,(H2,19,20,21);1H. The molecule has 1 aromatic carbocycles. The lowest BCUT2D eigenvalue weighted by atomic mass is 10.1. The van der Waals surface area contributed by atoms with Gasteiger partial charge in [0.1, 0.15) is 0 Å². The largest absolute Gasteiger partial charge is 0.378 e. The summed E-state index contributed by atoms with van der Waals surface area (Å²) >= 11 is 1.91. The number of aryl methyl sites for hydroxylation is 1. The highest BCUT2D eigenvalue weighted by molar-refractivity contribution is 14.0. The molecule has 0 atom stereocenters. The Morgan fingerprint density at radius 2 is 1.96 bits per heavy atom. The average molecular weight is 464 g/mol. The van der Waals surface area contributed by atoms with Crippen molar-refractivity contribution in [3.8, 4) is 0 Å². The maximum absolute atomic E-state index is 4.71. The molecule has 0 aromatic heterocycles. The molecule has 4 nitrogen and oxygen atoms in total. The number of benzene rings is 1. The van der Waals surface area contributed by atoms with Gasteiger partial charge in [0.25, 0.3) is 0 Å². The third-order valence-electron chi connectivity index (χ3n) is 3.66. The highest BCUT2D eigenvalue weighted by atomic mass is 127. The number of nitrogens with one attached hydrogen (secondary N) is 2. The molecular weight excluding hydrogens is 431 g/mol. The van der Waals surface area contributed by atoms with Crippen molar-refractivity contribution in [3.63, 3.8) is 0 Å². The zero-order valence-electron chi connectivity index (χ0n) is 15.7. The summed E-state index contributed by atoms with van der Waals surface area (Å²) < 4.78 is 0. The highest BCUT2D eigenvalue weighted by Gasteiger charge is 2.02. The fourth-order valence-corrected chi connectivity index (χ4v) is 2.71. The minimum absolute atomic E-state index is 0. The van der Waals surface area contributed by atoms with Gasteiger partial charge < -0.3 is 15.5 Å². The minimum Gasteiger partial charge on any atom is -0.378 e. The predicted octanol–water partition coefficient (Wildman–Crippen LogP) is 3.88. The van der Waals surface area contributed by atoms with Crippen LogP contribution in [0.1, 0.15) is 30.9 Å². The van der Waals surface area contributed by atoms with Crippen molar-refractivity contribution < 1.29 is 0 Å². The Bertz CT molecular complexity index is 492. The molecule has 0 aliphatic rings. The van der Waals surface area contributed by atoms with Gasteiger partial charge in [-0.3, -0.25) is 0 Å². The van der Waals surface area contributed by atoms with Crippen LogP contribution >= 0.6 is 35.7 Å². The van der Waals surface area contributed by atoms with Crippen molar-refractivity contribution in [1.29, 1.82) is 0 Å². The first kappa shape index (κ1) is 23.4. The minimum atomic E-state index is 0. The van der Waals surface area contributed by atoms with E-state index in [1.165, 1.54) is 35.4 Å². The SMILES string of the molecule is CCNC(=NCc1ccc(N(C)C)cc1C)NCCCCSC.I. The van der Waals surface area contributed by atoms with Crippen LogP contribution in [0.25, 0.3) is 0 Å². The Morgan fingerprint density at radius 1 is 1.21 bits per heavy atom. The topological polar surface area (TPSA) is 39.7 Å². The summed E-state index contributed by atoms with van der Waals surface area (Å²) in [6, 6.07) is 6.55. The van der Waals surface area contributed by atoms with Gasteiger partial charge in [-0.05, 0) is 62.0 Å². The monoisotopic (exact) mass is 464 g/mol. The van der Waals surface area contributed by atoms with Gasteiger partial charge in [0.15, 0.2) is 5.96 Å². The van der Waals surface area contributed by atoms with Crippen LogP contribution in [0.5, 0.6) is 0 Å². The molecule has 0 spiro atoms. The summed E-state index contributed by atoms with van der Waals surface area (Å²) in [6.45, 7) is 6.82. The summed E-state index contributed by atoms with van der Waals surface area (Å²) in [6.07, 6.45) is 4.59. The lowest BCUT2D eigenvalue weighted by Gasteiger charge is -2.15. The van der Waals surface area contributed by atoms with Crippen molar-refractivity contribution in [1.82, 2.24) is 10.6 Å². The van der Waals surface area contributed by atoms with E-state index in [4.69, 9.17) is 4.99 Å². The highest BCUT2D eigenvalue weighted by Crippen LogP contribution is 2.17. The maximum Gasteiger partial charge on any atom is 0.191 e. The Labute approximate surface area is 169 Å². The van der Waals surface area contributed by atoms with Gasteiger partial charge in [-0.2, -0.15) is 11.8 Å². The van der Waals surface area contributed by atoms with Crippen LogP contribution in [0.4, 0.5) is 5.69 Å². The van der Waals surface area contributed by atoms with E-state index in [0.717, 1.165) is 19.0 Å². The predicted molar refractivity (Wildman–Crippen MR) is 121 cm³/mol. The summed E-state index contributed by atoms with van der Waals surface area (Å²) in [5, 5.41) is 6.74. The van der Waals surface area contributed by atoms with Crippen molar-refractivity contribution in [3.05, 3.63) is 29.3 Å². The van der Waals surface area contributed by atoms with Gasteiger partial charge in [0.05, 0.1) is 6.54 Å². The van der Waals surface area contributed by atoms with Crippen molar-refractivity contribution in [2.75, 3.05) is 44.1 Å². The lowest BCUT2D eigenvalue weighted by molar-refractivity contribution is 0.734. The van der Waals surface area contributed by atoms with Crippen LogP contribution in [-0.2, 0) is 6.54 Å². The number of aliphatic imine (C=N–C) groups is 1. The maximum atomic E-state index is 4.71. The van der Waals surface area contributed by atoms with Crippen LogP contribution in [0.3, 0.4) is 0 Å². The molecule has 24 heavy (non-hydrogen) atoms. The number of rotatable bonds is 9. The normalized spacial score (nSPS) is 11.0. The van der Waals surface area contributed by atoms with E-state index in [9.17, 15) is 0 Å². The van der Waals surface area contributed by atoms with E-state index >= 15 is 0 Å². The Balaban J connectivity index is 0.00000529. The molecule has 2 N–H and O–H groups in total.